The number of nitrogens with one attached hydrogen (secondary N) is 2. The molecule has 2 aromatic carbocycles. The van der Waals surface area contributed by atoms with E-state index in [2.05, 4.69) is 17.6 Å². The van der Waals surface area contributed by atoms with Crippen LogP contribution < -0.4 is 10.6 Å². The van der Waals surface area contributed by atoms with E-state index in [1.807, 2.05) is 49.4 Å². The highest BCUT2D eigenvalue weighted by molar-refractivity contribution is 8.02. The number of likely N-dealkylation sites (tertiary alicyclic amines) is 1. The Hall–Kier alpha value is -2.58. The summed E-state index contributed by atoms with van der Waals surface area (Å²) in [4.78, 5) is 43.1. The quantitative estimate of drug-likeness (QED) is 0.412. The van der Waals surface area contributed by atoms with E-state index in [4.69, 9.17) is 0 Å². The predicted molar refractivity (Wildman–Crippen MR) is 147 cm³/mol. The number of amides is 3. The lowest BCUT2D eigenvalue weighted by Crippen LogP contribution is -2.55. The van der Waals surface area contributed by atoms with E-state index < -0.39 is 22.6 Å². The minimum atomic E-state index is -0.639. The molecule has 3 aliphatic heterocycles. The maximum atomic E-state index is 14.1. The highest BCUT2D eigenvalue weighted by Crippen LogP contribution is 2.68. The fourth-order valence-electron chi connectivity index (χ4n) is 6.77. The summed E-state index contributed by atoms with van der Waals surface area (Å²) in [5, 5.41) is 17.6. The molecule has 0 saturated carbocycles. The Morgan fingerprint density at radius 1 is 1.11 bits per heavy atom. The van der Waals surface area contributed by atoms with E-state index in [0.717, 1.165) is 30.0 Å². The number of thioether (sulfide) groups is 1. The molecule has 0 aromatic heterocycles. The molecule has 1 spiro atoms. The minimum Gasteiger partial charge on any atom is -0.396 e. The van der Waals surface area contributed by atoms with Crippen LogP contribution in [-0.4, -0.2) is 63.5 Å². The van der Waals surface area contributed by atoms with Gasteiger partial charge in [-0.1, -0.05) is 44.2 Å². The highest BCUT2D eigenvalue weighted by atomic mass is 32.2. The van der Waals surface area contributed by atoms with Gasteiger partial charge in [0.2, 0.25) is 17.7 Å². The van der Waals surface area contributed by atoms with Crippen molar-refractivity contribution in [1.29, 1.82) is 0 Å². The number of aliphatic hydroxyl groups is 1. The monoisotopic (exact) mass is 523 g/mol. The van der Waals surface area contributed by atoms with E-state index >= 15 is 0 Å². The van der Waals surface area contributed by atoms with Crippen LogP contribution in [0.25, 0.3) is 10.8 Å². The zero-order valence-corrected chi connectivity index (χ0v) is 22.4. The zero-order chi connectivity index (χ0) is 26.2. The Bertz CT molecular complexity index is 1190. The standard InChI is InChI=1S/C29H37N3O4S/c1-3-13-30-26(34)23-22-16-18(2)29(37-22)24(23)28(36)32(14-7-4-8-15-33)25(29)27(35)31-21-12-11-19-9-5-6-10-20(19)17-21/h5-6,9-12,17-18,22-25,33H,3-4,7-8,13-16H2,1-2H3,(H,30,34)(H,31,35)/t18?,22-,23+,24+,25?,29?/m1/s1. The van der Waals surface area contributed by atoms with Gasteiger partial charge in [-0.15, -0.1) is 11.8 Å². The van der Waals surface area contributed by atoms with Crippen molar-refractivity contribution in [1.82, 2.24) is 10.2 Å². The first-order chi connectivity index (χ1) is 17.9. The van der Waals surface area contributed by atoms with Crippen LogP contribution in [0.15, 0.2) is 42.5 Å². The summed E-state index contributed by atoms with van der Waals surface area (Å²) in [5.74, 6) is -1.06. The van der Waals surface area contributed by atoms with Gasteiger partial charge >= 0.3 is 0 Å². The summed E-state index contributed by atoms with van der Waals surface area (Å²) < 4.78 is -0.617. The molecule has 3 aliphatic rings. The van der Waals surface area contributed by atoms with Crippen LogP contribution in [0.5, 0.6) is 0 Å². The van der Waals surface area contributed by atoms with E-state index in [9.17, 15) is 19.5 Å². The van der Waals surface area contributed by atoms with Crippen LogP contribution in [-0.2, 0) is 14.4 Å². The second-order valence-electron chi connectivity index (χ2n) is 10.7. The number of aliphatic hydroxyl groups excluding tert-OH is 1. The molecule has 3 amide bonds. The summed E-state index contributed by atoms with van der Waals surface area (Å²) in [7, 11) is 0. The number of nitrogens with zero attached hydrogens (tertiary/aromatic N) is 1. The molecule has 3 fully saturated rings. The molecule has 198 valence electrons. The van der Waals surface area contributed by atoms with E-state index in [1.165, 1.54) is 0 Å². The van der Waals surface area contributed by atoms with Crippen molar-refractivity contribution < 1.29 is 19.5 Å². The summed E-state index contributed by atoms with van der Waals surface area (Å²) in [5.41, 5.74) is 0.707. The number of rotatable bonds is 10. The molecule has 0 radical (unpaired) electrons. The normalized spacial score (nSPS) is 30.1. The molecule has 37 heavy (non-hydrogen) atoms. The van der Waals surface area contributed by atoms with Crippen LogP contribution in [0.3, 0.4) is 0 Å². The Morgan fingerprint density at radius 3 is 2.65 bits per heavy atom. The second kappa shape index (κ2) is 10.7. The topological polar surface area (TPSA) is 98.7 Å². The van der Waals surface area contributed by atoms with Crippen LogP contribution in [0.2, 0.25) is 0 Å². The fraction of sp³-hybridized carbons (Fsp3) is 0.552. The molecular formula is C29H37N3O4S. The Balaban J connectivity index is 1.47. The van der Waals surface area contributed by atoms with Crippen molar-refractivity contribution in [2.45, 2.75) is 62.0 Å². The lowest BCUT2D eigenvalue weighted by molar-refractivity contribution is -0.139. The molecule has 3 unspecified atom stereocenters. The highest BCUT2D eigenvalue weighted by Gasteiger charge is 2.75. The molecule has 8 heteroatoms. The number of hydrogen-bond donors (Lipinski definition) is 3. The maximum Gasteiger partial charge on any atom is 0.248 e. The van der Waals surface area contributed by atoms with Crippen LogP contribution >= 0.6 is 11.8 Å². The summed E-state index contributed by atoms with van der Waals surface area (Å²) >= 11 is 1.70. The molecular weight excluding hydrogens is 486 g/mol. The van der Waals surface area contributed by atoms with E-state index in [0.29, 0.717) is 31.6 Å². The molecule has 3 heterocycles. The number of anilines is 1. The van der Waals surface area contributed by atoms with Gasteiger partial charge in [-0.05, 0) is 60.9 Å². The van der Waals surface area contributed by atoms with Crippen molar-refractivity contribution in [2.24, 2.45) is 17.8 Å². The molecule has 6 atom stereocenters. The Labute approximate surface area is 222 Å². The Morgan fingerprint density at radius 2 is 1.89 bits per heavy atom. The molecule has 5 rings (SSSR count). The van der Waals surface area contributed by atoms with Crippen molar-refractivity contribution in [3.63, 3.8) is 0 Å². The number of benzene rings is 2. The average Bonchev–Trinajstić information content (AvgIpc) is 3.48. The minimum absolute atomic E-state index is 0.0494. The lowest BCUT2D eigenvalue weighted by atomic mass is 9.66. The molecule has 2 bridgehead atoms. The third-order valence-corrected chi connectivity index (χ3v) is 10.5. The molecule has 2 aromatic rings. The molecule has 0 aliphatic carbocycles. The summed E-state index contributed by atoms with van der Waals surface area (Å²) in [6.45, 7) is 5.31. The number of carbonyl (C=O) groups excluding carboxylic acids is 3. The van der Waals surface area contributed by atoms with Gasteiger partial charge in [0, 0.05) is 30.6 Å². The second-order valence-corrected chi connectivity index (χ2v) is 12.3. The van der Waals surface area contributed by atoms with Gasteiger partial charge in [0.25, 0.3) is 0 Å². The van der Waals surface area contributed by atoms with E-state index in [1.54, 1.807) is 16.7 Å². The first kappa shape index (κ1) is 26.0. The van der Waals surface area contributed by atoms with Crippen LogP contribution in [0.4, 0.5) is 5.69 Å². The molecule has 3 N–H and O–H groups in total. The van der Waals surface area contributed by atoms with Crippen molar-refractivity contribution >= 4 is 45.9 Å². The SMILES string of the molecule is CCCNC(=O)[C@@H]1[C@H]2C(=O)N(CCCCCO)C(C(=O)Nc3ccc4ccccc4c3)C23S[C@@H]1CC3C. The smallest absolute Gasteiger partial charge is 0.248 e. The van der Waals surface area contributed by atoms with Gasteiger partial charge in [0.15, 0.2) is 0 Å². The first-order valence-electron chi connectivity index (χ1n) is 13.6. The zero-order valence-electron chi connectivity index (χ0n) is 21.6. The predicted octanol–water partition coefficient (Wildman–Crippen LogP) is 3.80. The lowest BCUT2D eigenvalue weighted by Gasteiger charge is -2.38. The third kappa shape index (κ3) is 4.42. The van der Waals surface area contributed by atoms with Crippen molar-refractivity contribution in [2.75, 3.05) is 25.0 Å². The fourth-order valence-corrected chi connectivity index (χ4v) is 9.20. The van der Waals surface area contributed by atoms with E-state index in [-0.39, 0.29) is 35.5 Å². The van der Waals surface area contributed by atoms with Crippen molar-refractivity contribution in [3.8, 4) is 0 Å². The largest absolute Gasteiger partial charge is 0.396 e. The number of carbonyl (C=O) groups is 3. The molecule has 7 nitrogen and oxygen atoms in total. The molecule has 3 saturated heterocycles. The number of hydrogen-bond acceptors (Lipinski definition) is 5. The van der Waals surface area contributed by atoms with Crippen molar-refractivity contribution in [3.05, 3.63) is 42.5 Å². The van der Waals surface area contributed by atoms with Gasteiger partial charge in [-0.2, -0.15) is 0 Å². The maximum absolute atomic E-state index is 14.1. The number of fused-ring (bicyclic) bond motifs is 2. The van der Waals surface area contributed by atoms with Gasteiger partial charge in [-0.3, -0.25) is 14.4 Å². The van der Waals surface area contributed by atoms with Crippen LogP contribution in [0, 0.1) is 17.8 Å². The first-order valence-corrected chi connectivity index (χ1v) is 14.5. The summed E-state index contributed by atoms with van der Waals surface area (Å²) in [6.07, 6.45) is 3.83. The Kier molecular flexibility index (Phi) is 7.50. The van der Waals surface area contributed by atoms with Gasteiger partial charge in [0.1, 0.15) is 6.04 Å². The summed E-state index contributed by atoms with van der Waals surface area (Å²) in [6, 6.07) is 13.2. The van der Waals surface area contributed by atoms with Gasteiger partial charge in [0.05, 0.1) is 16.6 Å². The van der Waals surface area contributed by atoms with Gasteiger partial charge < -0.3 is 20.6 Å². The average molecular weight is 524 g/mol. The van der Waals surface area contributed by atoms with Gasteiger partial charge in [-0.25, -0.2) is 0 Å². The third-order valence-electron chi connectivity index (χ3n) is 8.42. The van der Waals surface area contributed by atoms with Crippen LogP contribution in [0.1, 0.15) is 46.0 Å². The number of unbranched alkanes of at least 4 members (excludes halogenated alkanes) is 2.